The molecule has 1 aromatic heterocycles. The number of H-pyrrole nitrogens is 1. The van der Waals surface area contributed by atoms with Gasteiger partial charge in [-0.15, -0.1) is 0 Å². The van der Waals surface area contributed by atoms with Gasteiger partial charge in [0.1, 0.15) is 5.75 Å². The number of pyridine rings is 1. The Hall–Kier alpha value is -3.93. The van der Waals surface area contributed by atoms with Gasteiger partial charge in [-0.2, -0.15) is 22.0 Å². The molecule has 0 saturated carbocycles. The molecule has 0 spiro atoms. The van der Waals surface area contributed by atoms with Crippen molar-refractivity contribution in [3.8, 4) is 5.75 Å². The summed E-state index contributed by atoms with van der Waals surface area (Å²) in [5, 5.41) is -0.152. The van der Waals surface area contributed by atoms with Crippen LogP contribution < -0.4 is 15.0 Å². The third-order valence-corrected chi connectivity index (χ3v) is 6.56. The van der Waals surface area contributed by atoms with Gasteiger partial charge < -0.3 is 9.72 Å². The van der Waals surface area contributed by atoms with Crippen LogP contribution in [0.4, 0.5) is 27.6 Å². The highest BCUT2D eigenvalue weighted by Gasteiger charge is 2.33. The zero-order valence-corrected chi connectivity index (χ0v) is 19.0. The smallest absolute Gasteiger partial charge is 0.417 e. The van der Waals surface area contributed by atoms with E-state index in [0.29, 0.717) is 17.2 Å². The van der Waals surface area contributed by atoms with Crippen LogP contribution in [0.15, 0.2) is 82.5 Å². The van der Waals surface area contributed by atoms with Gasteiger partial charge in [0.25, 0.3) is 10.0 Å². The van der Waals surface area contributed by atoms with E-state index < -0.39 is 33.9 Å². The van der Waals surface area contributed by atoms with Crippen LogP contribution in [0.25, 0.3) is 10.9 Å². The highest BCUT2D eigenvalue weighted by atomic mass is 32.2. The molecular weight excluding hydrogens is 507 g/mol. The maximum atomic E-state index is 13.4. The average molecular weight is 524 g/mol. The van der Waals surface area contributed by atoms with Crippen molar-refractivity contribution in [2.24, 2.45) is 0 Å². The third-order valence-electron chi connectivity index (χ3n) is 5.17. The van der Waals surface area contributed by atoms with Crippen LogP contribution >= 0.6 is 0 Å². The second kappa shape index (κ2) is 9.61. The first-order valence-electron chi connectivity index (χ1n) is 10.3. The zero-order valence-electron chi connectivity index (χ0n) is 18.1. The Labute approximate surface area is 201 Å². The van der Waals surface area contributed by atoms with Gasteiger partial charge in [0.2, 0.25) is 5.56 Å². The van der Waals surface area contributed by atoms with E-state index in [1.807, 2.05) is 0 Å². The molecule has 4 aromatic rings. The number of alkyl halides is 5. The summed E-state index contributed by atoms with van der Waals surface area (Å²) in [6, 6.07) is 15.5. The van der Waals surface area contributed by atoms with E-state index >= 15 is 0 Å². The number of fused-ring (bicyclic) bond motifs is 1. The summed E-state index contributed by atoms with van der Waals surface area (Å²) in [6.45, 7) is -3.06. The Morgan fingerprint density at radius 1 is 0.917 bits per heavy atom. The molecule has 6 nitrogen and oxygen atoms in total. The van der Waals surface area contributed by atoms with Crippen LogP contribution in [0, 0.1) is 0 Å². The Balaban J connectivity index is 1.55. The molecule has 0 fully saturated rings. The largest absolute Gasteiger partial charge is 0.435 e. The van der Waals surface area contributed by atoms with Gasteiger partial charge in [0.05, 0.1) is 16.1 Å². The number of rotatable bonds is 7. The van der Waals surface area contributed by atoms with Crippen molar-refractivity contribution in [3.05, 3.63) is 99.8 Å². The second-order valence-corrected chi connectivity index (χ2v) is 9.44. The standard InChI is InChI=1S/C24H17F5N2O4S/c25-23(26)35-17-3-1-2-16(12-17)31-36(33,34)18-7-4-14(5-8-18)10-15-6-9-21-19(11-15)20(24(27,28)29)13-22(32)30-21/h1-9,11-13,23,31H,10H2,(H,30,32). The van der Waals surface area contributed by atoms with Gasteiger partial charge in [-0.1, -0.05) is 24.3 Å². The predicted molar refractivity (Wildman–Crippen MR) is 123 cm³/mol. The van der Waals surface area contributed by atoms with Crippen LogP contribution in [0.1, 0.15) is 16.7 Å². The number of hydrogen-bond donors (Lipinski definition) is 2. The summed E-state index contributed by atoms with van der Waals surface area (Å²) in [5.41, 5.74) is -0.691. The number of sulfonamides is 1. The summed E-state index contributed by atoms with van der Waals surface area (Å²) in [6.07, 6.45) is -4.51. The van der Waals surface area contributed by atoms with Gasteiger partial charge in [-0.25, -0.2) is 8.42 Å². The van der Waals surface area contributed by atoms with Crippen LogP contribution in [0.3, 0.4) is 0 Å². The molecule has 0 atom stereocenters. The zero-order chi connectivity index (χ0) is 26.1. The molecule has 0 bridgehead atoms. The molecule has 2 N–H and O–H groups in total. The van der Waals surface area contributed by atoms with E-state index in [4.69, 9.17) is 0 Å². The van der Waals surface area contributed by atoms with Crippen molar-refractivity contribution >= 4 is 26.6 Å². The second-order valence-electron chi connectivity index (χ2n) is 7.76. The number of halogens is 5. The fraction of sp³-hybridized carbons (Fsp3) is 0.125. The lowest BCUT2D eigenvalue weighted by Gasteiger charge is -2.12. The van der Waals surface area contributed by atoms with E-state index in [-0.39, 0.29) is 33.7 Å². The number of aromatic amines is 1. The van der Waals surface area contributed by atoms with Crippen LogP contribution in [-0.2, 0) is 22.6 Å². The molecule has 0 aliphatic heterocycles. The fourth-order valence-corrected chi connectivity index (χ4v) is 4.67. The first kappa shape index (κ1) is 25.2. The number of nitrogens with one attached hydrogen (secondary N) is 2. The molecule has 36 heavy (non-hydrogen) atoms. The average Bonchev–Trinajstić information content (AvgIpc) is 2.78. The molecule has 0 radical (unpaired) electrons. The summed E-state index contributed by atoms with van der Waals surface area (Å²) < 4.78 is 96.8. The van der Waals surface area contributed by atoms with Crippen molar-refractivity contribution in [1.29, 1.82) is 0 Å². The van der Waals surface area contributed by atoms with Crippen LogP contribution in [-0.4, -0.2) is 20.0 Å². The summed E-state index contributed by atoms with van der Waals surface area (Å²) in [7, 11) is -4.05. The molecule has 188 valence electrons. The molecule has 1 heterocycles. The summed E-state index contributed by atoms with van der Waals surface area (Å²) in [4.78, 5) is 13.8. The topological polar surface area (TPSA) is 88.3 Å². The minimum absolute atomic E-state index is 0.0203. The third kappa shape index (κ3) is 5.82. The Morgan fingerprint density at radius 3 is 2.28 bits per heavy atom. The first-order chi connectivity index (χ1) is 16.9. The number of hydrogen-bond acceptors (Lipinski definition) is 4. The molecule has 0 aliphatic carbocycles. The Morgan fingerprint density at radius 2 is 1.61 bits per heavy atom. The number of benzene rings is 3. The molecule has 12 heteroatoms. The van der Waals surface area contributed by atoms with E-state index in [2.05, 4.69) is 14.4 Å². The molecule has 4 rings (SSSR count). The monoisotopic (exact) mass is 524 g/mol. The number of ether oxygens (including phenoxy) is 1. The SMILES string of the molecule is O=c1cc(C(F)(F)F)c2cc(Cc3ccc(S(=O)(=O)Nc4cccc(OC(F)F)c4)cc3)ccc2[nH]1. The molecule has 0 aliphatic rings. The van der Waals surface area contributed by atoms with Crippen molar-refractivity contribution < 1.29 is 35.1 Å². The molecule has 0 unspecified atom stereocenters. The lowest BCUT2D eigenvalue weighted by Crippen LogP contribution is -2.14. The minimum atomic E-state index is -4.71. The predicted octanol–water partition coefficient (Wildman–Crippen LogP) is 5.54. The lowest BCUT2D eigenvalue weighted by molar-refractivity contribution is -0.136. The van der Waals surface area contributed by atoms with Gasteiger partial charge in [0.15, 0.2) is 0 Å². The molecule has 0 saturated heterocycles. The summed E-state index contributed by atoms with van der Waals surface area (Å²) >= 11 is 0. The van der Waals surface area contributed by atoms with Gasteiger partial charge in [-0.3, -0.25) is 9.52 Å². The van der Waals surface area contributed by atoms with Gasteiger partial charge in [0, 0.05) is 23.0 Å². The molecular formula is C24H17F5N2O4S. The molecule has 0 amide bonds. The summed E-state index contributed by atoms with van der Waals surface area (Å²) in [5.74, 6) is -0.214. The van der Waals surface area contributed by atoms with Gasteiger partial charge >= 0.3 is 12.8 Å². The normalized spacial score (nSPS) is 12.2. The van der Waals surface area contributed by atoms with Crippen molar-refractivity contribution in [1.82, 2.24) is 4.98 Å². The Bertz CT molecular complexity index is 1570. The molecule has 3 aromatic carbocycles. The van der Waals surface area contributed by atoms with Crippen molar-refractivity contribution in [3.63, 3.8) is 0 Å². The van der Waals surface area contributed by atoms with E-state index in [9.17, 15) is 35.2 Å². The van der Waals surface area contributed by atoms with E-state index in [1.54, 1.807) is 6.07 Å². The fourth-order valence-electron chi connectivity index (χ4n) is 3.62. The Kier molecular flexibility index (Phi) is 6.72. The maximum Gasteiger partial charge on any atom is 0.417 e. The van der Waals surface area contributed by atoms with Crippen LogP contribution in [0.5, 0.6) is 5.75 Å². The highest BCUT2D eigenvalue weighted by Crippen LogP contribution is 2.34. The lowest BCUT2D eigenvalue weighted by atomic mass is 10.0. The maximum absolute atomic E-state index is 13.4. The number of anilines is 1. The van der Waals surface area contributed by atoms with Crippen LogP contribution in [0.2, 0.25) is 0 Å². The van der Waals surface area contributed by atoms with Crippen molar-refractivity contribution in [2.75, 3.05) is 4.72 Å². The van der Waals surface area contributed by atoms with Crippen molar-refractivity contribution in [2.45, 2.75) is 24.1 Å². The minimum Gasteiger partial charge on any atom is -0.435 e. The highest BCUT2D eigenvalue weighted by molar-refractivity contribution is 7.92. The first-order valence-corrected chi connectivity index (χ1v) is 11.8. The van der Waals surface area contributed by atoms with E-state index in [1.165, 1.54) is 54.6 Å². The van der Waals surface area contributed by atoms with Gasteiger partial charge in [-0.05, 0) is 53.9 Å². The number of aromatic nitrogens is 1. The van der Waals surface area contributed by atoms with E-state index in [0.717, 1.165) is 6.07 Å². The quantitative estimate of drug-likeness (QED) is 0.311.